The Bertz CT molecular complexity index is 1340. The van der Waals surface area contributed by atoms with Crippen LogP contribution in [-0.2, 0) is 14.3 Å². The molecule has 470 valence electrons. The molecule has 0 aromatic carbocycles. The molecule has 0 saturated heterocycles. The summed E-state index contributed by atoms with van der Waals surface area (Å²) in [4.78, 5) is 24.6. The van der Waals surface area contributed by atoms with E-state index in [0.717, 1.165) is 51.4 Å². The molecule has 0 heterocycles. The van der Waals surface area contributed by atoms with E-state index < -0.39 is 12.1 Å². The monoisotopic (exact) mass is 1120 g/mol. The highest BCUT2D eigenvalue weighted by atomic mass is 16.5. The molecule has 0 fully saturated rings. The molecule has 3 N–H and O–H groups in total. The van der Waals surface area contributed by atoms with E-state index in [2.05, 4.69) is 55.6 Å². The second-order valence-electron chi connectivity index (χ2n) is 24.6. The number of amides is 1. The minimum absolute atomic E-state index is 0.000497. The number of hydrogen-bond donors (Lipinski definition) is 3. The van der Waals surface area contributed by atoms with Crippen LogP contribution < -0.4 is 5.32 Å². The Morgan fingerprint density at radius 1 is 0.350 bits per heavy atom. The number of carbonyl (C=O) groups excluding carboxylic acids is 2. The van der Waals surface area contributed by atoms with Gasteiger partial charge in [-0.05, 0) is 89.9 Å². The van der Waals surface area contributed by atoms with Gasteiger partial charge >= 0.3 is 5.97 Å². The first-order valence-electron chi connectivity index (χ1n) is 35.9. The van der Waals surface area contributed by atoms with E-state index in [1.807, 2.05) is 6.08 Å². The molecule has 0 aromatic heterocycles. The zero-order chi connectivity index (χ0) is 57.8. The Kier molecular flexibility index (Phi) is 67.4. The smallest absolute Gasteiger partial charge is 0.305 e. The van der Waals surface area contributed by atoms with E-state index >= 15 is 0 Å². The molecule has 0 radical (unpaired) electrons. The quantitative estimate of drug-likeness (QED) is 0.0320. The van der Waals surface area contributed by atoms with E-state index in [1.165, 1.54) is 308 Å². The molecule has 0 spiro atoms. The average molecular weight is 1120 g/mol. The Morgan fingerprint density at radius 3 is 0.975 bits per heavy atom. The fraction of sp³-hybridized carbons (Fsp3) is 0.865. The number of carbonyl (C=O) groups is 2. The molecule has 0 bridgehead atoms. The Balaban J connectivity index is 3.47. The van der Waals surface area contributed by atoms with Crippen LogP contribution >= 0.6 is 0 Å². The van der Waals surface area contributed by atoms with Gasteiger partial charge < -0.3 is 20.3 Å². The summed E-state index contributed by atoms with van der Waals surface area (Å²) in [6, 6.07) is -0.635. The highest BCUT2D eigenvalue weighted by Crippen LogP contribution is 2.18. The third-order valence-corrected chi connectivity index (χ3v) is 16.6. The van der Waals surface area contributed by atoms with Gasteiger partial charge in [0.2, 0.25) is 5.91 Å². The number of rotatable bonds is 67. The van der Waals surface area contributed by atoms with Crippen molar-refractivity contribution in [2.24, 2.45) is 0 Å². The third kappa shape index (κ3) is 65.0. The molecule has 2 atom stereocenters. The van der Waals surface area contributed by atoms with E-state index in [-0.39, 0.29) is 18.5 Å². The zero-order valence-corrected chi connectivity index (χ0v) is 53.8. The van der Waals surface area contributed by atoms with E-state index in [9.17, 15) is 19.8 Å². The summed E-state index contributed by atoms with van der Waals surface area (Å²) in [6.45, 7) is 4.91. The molecule has 0 aliphatic carbocycles. The fourth-order valence-corrected chi connectivity index (χ4v) is 11.1. The van der Waals surface area contributed by atoms with Crippen LogP contribution in [0, 0.1) is 0 Å². The van der Waals surface area contributed by atoms with Crippen LogP contribution in [-0.4, -0.2) is 47.4 Å². The normalized spacial score (nSPS) is 12.8. The molecule has 1 amide bonds. The second kappa shape index (κ2) is 69.3. The van der Waals surface area contributed by atoms with E-state index in [4.69, 9.17) is 4.74 Å². The SMILES string of the molecule is CCCCCC/C=C\CCCCCCCC(=O)OCCCCCCCCCCC/C=C\C/C=C\CCCCCCCCCCCC(=O)NC(CO)C(O)/C=C/CCCCCCCCCCCCCCCCCCCCCCCCC. The zero-order valence-electron chi connectivity index (χ0n) is 53.8. The summed E-state index contributed by atoms with van der Waals surface area (Å²) >= 11 is 0. The molecular weight excluding hydrogens is 983 g/mol. The largest absolute Gasteiger partial charge is 0.466 e. The van der Waals surface area contributed by atoms with Gasteiger partial charge in [0, 0.05) is 12.8 Å². The second-order valence-corrected chi connectivity index (χ2v) is 24.6. The van der Waals surface area contributed by atoms with Gasteiger partial charge in [-0.3, -0.25) is 9.59 Å². The highest BCUT2D eigenvalue weighted by Gasteiger charge is 2.18. The van der Waals surface area contributed by atoms with Crippen molar-refractivity contribution in [3.8, 4) is 0 Å². The predicted octanol–water partition coefficient (Wildman–Crippen LogP) is 23.3. The molecule has 0 aromatic rings. The Hall–Kier alpha value is -2.18. The first-order chi connectivity index (χ1) is 39.5. The van der Waals surface area contributed by atoms with Gasteiger partial charge in [-0.25, -0.2) is 0 Å². The number of ether oxygens (including phenoxy) is 1. The van der Waals surface area contributed by atoms with E-state index in [1.54, 1.807) is 6.08 Å². The molecule has 0 aliphatic heterocycles. The Morgan fingerprint density at radius 2 is 0.625 bits per heavy atom. The van der Waals surface area contributed by atoms with Crippen LogP contribution in [0.3, 0.4) is 0 Å². The maximum atomic E-state index is 12.5. The van der Waals surface area contributed by atoms with Crippen molar-refractivity contribution in [2.75, 3.05) is 13.2 Å². The van der Waals surface area contributed by atoms with Crippen molar-refractivity contribution in [2.45, 2.75) is 398 Å². The van der Waals surface area contributed by atoms with Crippen LogP contribution in [0.25, 0.3) is 0 Å². The van der Waals surface area contributed by atoms with Gasteiger partial charge in [0.25, 0.3) is 0 Å². The number of esters is 1. The van der Waals surface area contributed by atoms with Crippen LogP contribution in [0.15, 0.2) is 48.6 Å². The number of aliphatic hydroxyl groups excluding tert-OH is 2. The van der Waals surface area contributed by atoms with Crippen molar-refractivity contribution < 1.29 is 24.5 Å². The van der Waals surface area contributed by atoms with Gasteiger partial charge in [-0.1, -0.05) is 332 Å². The highest BCUT2D eigenvalue weighted by molar-refractivity contribution is 5.76. The van der Waals surface area contributed by atoms with Crippen LogP contribution in [0.5, 0.6) is 0 Å². The van der Waals surface area contributed by atoms with Crippen molar-refractivity contribution in [1.82, 2.24) is 5.32 Å². The number of hydrogen-bond acceptors (Lipinski definition) is 5. The lowest BCUT2D eigenvalue weighted by Crippen LogP contribution is -2.45. The lowest BCUT2D eigenvalue weighted by molar-refractivity contribution is -0.143. The summed E-state index contributed by atoms with van der Waals surface area (Å²) < 4.78 is 5.47. The van der Waals surface area contributed by atoms with Gasteiger partial charge in [0.1, 0.15) is 0 Å². The van der Waals surface area contributed by atoms with Gasteiger partial charge in [0.15, 0.2) is 0 Å². The van der Waals surface area contributed by atoms with Crippen LogP contribution in [0.2, 0.25) is 0 Å². The third-order valence-electron chi connectivity index (χ3n) is 16.6. The number of allylic oxidation sites excluding steroid dienone is 7. The minimum atomic E-state index is -0.851. The first-order valence-corrected chi connectivity index (χ1v) is 35.9. The summed E-state index contributed by atoms with van der Waals surface area (Å²) in [5, 5.41) is 23.3. The molecule has 0 aliphatic rings. The van der Waals surface area contributed by atoms with Crippen molar-refractivity contribution >= 4 is 11.9 Å². The fourth-order valence-electron chi connectivity index (χ4n) is 11.1. The topological polar surface area (TPSA) is 95.9 Å². The van der Waals surface area contributed by atoms with Crippen molar-refractivity contribution in [1.29, 1.82) is 0 Å². The number of aliphatic hydroxyl groups is 2. The summed E-state index contributed by atoms with van der Waals surface area (Å²) in [5.74, 6) is -0.0711. The lowest BCUT2D eigenvalue weighted by atomic mass is 10.0. The Labute approximate surface area is 499 Å². The average Bonchev–Trinajstić information content (AvgIpc) is 3.46. The summed E-state index contributed by atoms with van der Waals surface area (Å²) in [6.07, 6.45) is 90.5. The summed E-state index contributed by atoms with van der Waals surface area (Å²) in [5.41, 5.74) is 0. The lowest BCUT2D eigenvalue weighted by Gasteiger charge is -2.20. The standard InChI is InChI=1S/C74H139NO5/c1-3-5-7-9-11-13-15-17-18-19-20-21-22-24-27-30-33-36-39-43-46-50-54-58-62-66-72(77)71(70-76)75-73(78)67-63-59-55-51-47-44-40-37-34-31-28-25-23-26-29-32-35-38-41-45-49-53-57-61-65-69-80-74(79)68-64-60-56-52-48-42-16-14-12-10-8-6-4-2/h14,16,25-26,28-29,62,66,71-72,76-77H,3-13,15,17-24,27,30-61,63-65,67-70H2,1-2H3,(H,75,78)/b16-14-,28-25-,29-26-,66-62+. The molecule has 6 nitrogen and oxygen atoms in total. The molecule has 0 saturated carbocycles. The van der Waals surface area contributed by atoms with Crippen LogP contribution in [0.1, 0.15) is 386 Å². The number of nitrogens with one attached hydrogen (secondary N) is 1. The molecule has 6 heteroatoms. The molecule has 0 rings (SSSR count). The first kappa shape index (κ1) is 77.8. The maximum absolute atomic E-state index is 12.5. The molecule has 2 unspecified atom stereocenters. The predicted molar refractivity (Wildman–Crippen MR) is 352 cm³/mol. The minimum Gasteiger partial charge on any atom is -0.466 e. The van der Waals surface area contributed by atoms with Crippen LogP contribution in [0.4, 0.5) is 0 Å². The van der Waals surface area contributed by atoms with Crippen molar-refractivity contribution in [3.05, 3.63) is 48.6 Å². The summed E-state index contributed by atoms with van der Waals surface area (Å²) in [7, 11) is 0. The molecular formula is C74H139NO5. The van der Waals surface area contributed by atoms with Gasteiger partial charge in [-0.15, -0.1) is 0 Å². The van der Waals surface area contributed by atoms with Gasteiger partial charge in [0.05, 0.1) is 25.4 Å². The number of unbranched alkanes of at least 4 members (excludes halogenated alkanes) is 50. The van der Waals surface area contributed by atoms with Gasteiger partial charge in [-0.2, -0.15) is 0 Å². The molecule has 80 heavy (non-hydrogen) atoms. The maximum Gasteiger partial charge on any atom is 0.305 e. The van der Waals surface area contributed by atoms with E-state index in [0.29, 0.717) is 19.4 Å². The van der Waals surface area contributed by atoms with Crippen molar-refractivity contribution in [3.63, 3.8) is 0 Å².